The minimum Gasteiger partial charge on any atom is -0.467 e. The fourth-order valence-corrected chi connectivity index (χ4v) is 5.01. The maximum atomic E-state index is 12.7. The third kappa shape index (κ3) is 5.32. The number of aromatic nitrogens is 6. The molecule has 0 bridgehead atoms. The molecule has 3 aromatic heterocycles. The minimum atomic E-state index is -0.0993. The lowest BCUT2D eigenvalue weighted by Crippen LogP contribution is -2.15. The number of fused-ring (bicyclic) bond motifs is 1. The first kappa shape index (κ1) is 23.3. The van der Waals surface area contributed by atoms with E-state index in [0.29, 0.717) is 11.7 Å². The van der Waals surface area contributed by atoms with Gasteiger partial charge in [0.15, 0.2) is 11.0 Å². The van der Waals surface area contributed by atoms with Crippen molar-refractivity contribution in [1.82, 2.24) is 29.5 Å². The Balaban J connectivity index is 1.22. The van der Waals surface area contributed by atoms with Crippen LogP contribution in [0, 0.1) is 0 Å². The van der Waals surface area contributed by atoms with Crippen LogP contribution in [0.25, 0.3) is 11.4 Å². The van der Waals surface area contributed by atoms with Gasteiger partial charge in [0.05, 0.1) is 18.6 Å². The number of nitrogens with one attached hydrogen (secondary N) is 1. The molecule has 0 atom stereocenters. The zero-order valence-corrected chi connectivity index (χ0v) is 20.8. The molecule has 1 aromatic carbocycles. The van der Waals surface area contributed by atoms with E-state index in [9.17, 15) is 4.79 Å². The monoisotopic (exact) mass is 491 g/mol. The second kappa shape index (κ2) is 10.5. The summed E-state index contributed by atoms with van der Waals surface area (Å²) in [6.07, 6.45) is 6.17. The van der Waals surface area contributed by atoms with Crippen molar-refractivity contribution in [2.45, 2.75) is 63.7 Å². The molecule has 10 heteroatoms. The van der Waals surface area contributed by atoms with E-state index in [1.54, 1.807) is 6.26 Å². The van der Waals surface area contributed by atoms with E-state index < -0.39 is 0 Å². The van der Waals surface area contributed by atoms with Crippen LogP contribution in [0.2, 0.25) is 0 Å². The fraction of sp³-hybridized carbons (Fsp3) is 0.400. The number of nitrogens with zero attached hydrogens (tertiary/aromatic N) is 6. The summed E-state index contributed by atoms with van der Waals surface area (Å²) in [6, 6.07) is 11.6. The first-order valence-electron chi connectivity index (χ1n) is 12.0. The summed E-state index contributed by atoms with van der Waals surface area (Å²) in [6.45, 7) is 5.64. The van der Waals surface area contributed by atoms with Gasteiger partial charge in [0.1, 0.15) is 17.4 Å². The average Bonchev–Trinajstić information content (AvgIpc) is 3.56. The highest BCUT2D eigenvalue weighted by molar-refractivity contribution is 7.99. The third-order valence-electron chi connectivity index (χ3n) is 6.02. The van der Waals surface area contributed by atoms with Crippen LogP contribution in [0.15, 0.2) is 52.2 Å². The lowest BCUT2D eigenvalue weighted by molar-refractivity contribution is -0.113. The number of thioether (sulfide) groups is 1. The molecule has 0 saturated heterocycles. The zero-order chi connectivity index (χ0) is 24.2. The van der Waals surface area contributed by atoms with E-state index >= 15 is 0 Å². The molecule has 0 fully saturated rings. The SMILES string of the molecule is CC(C)c1nnc(SCC(=O)Nc2ccc(-c3nnc4n3CCCCC4)cc2)n1Cc1ccco1. The number of furan rings is 1. The fourth-order valence-electron chi connectivity index (χ4n) is 4.27. The van der Waals surface area contributed by atoms with Gasteiger partial charge < -0.3 is 14.3 Å². The normalized spacial score (nSPS) is 13.6. The first-order valence-corrected chi connectivity index (χ1v) is 13.0. The number of carbonyl (C=O) groups excluding carboxylic acids is 1. The van der Waals surface area contributed by atoms with Gasteiger partial charge in [-0.25, -0.2) is 0 Å². The lowest BCUT2D eigenvalue weighted by Gasteiger charge is -2.11. The molecule has 4 heterocycles. The zero-order valence-electron chi connectivity index (χ0n) is 20.0. The molecular formula is C25H29N7O2S. The third-order valence-corrected chi connectivity index (χ3v) is 6.99. The Bertz CT molecular complexity index is 1280. The molecule has 0 saturated carbocycles. The summed E-state index contributed by atoms with van der Waals surface area (Å²) in [5.74, 6) is 3.99. The van der Waals surface area contributed by atoms with Crippen LogP contribution in [-0.2, 0) is 24.3 Å². The molecule has 0 radical (unpaired) electrons. The summed E-state index contributed by atoms with van der Waals surface area (Å²) in [4.78, 5) is 12.7. The minimum absolute atomic E-state index is 0.0993. The highest BCUT2D eigenvalue weighted by atomic mass is 32.2. The van der Waals surface area contributed by atoms with Crippen LogP contribution < -0.4 is 5.32 Å². The second-order valence-corrected chi connectivity index (χ2v) is 9.92. The number of anilines is 1. The standard InChI is InChI=1S/C25H29N7O2S/c1-17(2)23-28-30-25(32(23)15-20-7-6-14-34-20)35-16-22(33)26-19-11-9-18(10-12-19)24-29-27-21-8-4-3-5-13-31(21)24/h6-7,9-12,14,17H,3-5,8,13,15-16H2,1-2H3,(H,26,33). The van der Waals surface area contributed by atoms with E-state index in [2.05, 4.69) is 44.1 Å². The van der Waals surface area contributed by atoms with Crippen molar-refractivity contribution in [3.05, 3.63) is 60.1 Å². The highest BCUT2D eigenvalue weighted by Gasteiger charge is 2.18. The number of aryl methyl sites for hydroxylation is 1. The van der Waals surface area contributed by atoms with Gasteiger partial charge in [-0.1, -0.05) is 32.0 Å². The van der Waals surface area contributed by atoms with Crippen molar-refractivity contribution in [1.29, 1.82) is 0 Å². The molecule has 0 unspecified atom stereocenters. The largest absolute Gasteiger partial charge is 0.467 e. The van der Waals surface area contributed by atoms with E-state index in [1.165, 1.54) is 24.6 Å². The molecule has 182 valence electrons. The summed E-state index contributed by atoms with van der Waals surface area (Å²) in [5, 5.41) is 21.1. The number of hydrogen-bond donors (Lipinski definition) is 1. The first-order chi connectivity index (χ1) is 17.1. The van der Waals surface area contributed by atoms with Gasteiger partial charge in [0.25, 0.3) is 0 Å². The van der Waals surface area contributed by atoms with Crippen molar-refractivity contribution in [2.24, 2.45) is 0 Å². The van der Waals surface area contributed by atoms with E-state index in [4.69, 9.17) is 4.42 Å². The number of rotatable bonds is 8. The maximum absolute atomic E-state index is 12.7. The summed E-state index contributed by atoms with van der Waals surface area (Å²) in [7, 11) is 0. The molecule has 1 aliphatic heterocycles. The molecule has 9 nitrogen and oxygen atoms in total. The Morgan fingerprint density at radius 1 is 1.09 bits per heavy atom. The Kier molecular flexibility index (Phi) is 6.98. The maximum Gasteiger partial charge on any atom is 0.234 e. The molecule has 1 amide bonds. The number of carbonyl (C=O) groups is 1. The molecule has 0 aliphatic carbocycles. The Hall–Kier alpha value is -3.40. The Morgan fingerprint density at radius 3 is 2.71 bits per heavy atom. The van der Waals surface area contributed by atoms with E-state index in [1.807, 2.05) is 41.0 Å². The molecule has 35 heavy (non-hydrogen) atoms. The van der Waals surface area contributed by atoms with Gasteiger partial charge in [0, 0.05) is 30.1 Å². The van der Waals surface area contributed by atoms with Gasteiger partial charge in [0.2, 0.25) is 5.91 Å². The Labute approximate surface area is 208 Å². The molecule has 1 N–H and O–H groups in total. The summed E-state index contributed by atoms with van der Waals surface area (Å²) < 4.78 is 9.73. The van der Waals surface area contributed by atoms with Crippen molar-refractivity contribution in [3.63, 3.8) is 0 Å². The molecular weight excluding hydrogens is 462 g/mol. The van der Waals surface area contributed by atoms with Crippen LogP contribution in [0.3, 0.4) is 0 Å². The van der Waals surface area contributed by atoms with Gasteiger partial charge in [-0.2, -0.15) is 0 Å². The van der Waals surface area contributed by atoms with Gasteiger partial charge in [-0.3, -0.25) is 9.36 Å². The smallest absolute Gasteiger partial charge is 0.234 e. The topological polar surface area (TPSA) is 104 Å². The molecule has 5 rings (SSSR count). The van der Waals surface area contributed by atoms with Crippen LogP contribution >= 0.6 is 11.8 Å². The lowest BCUT2D eigenvalue weighted by atomic mass is 10.2. The quantitative estimate of drug-likeness (QED) is 0.354. The van der Waals surface area contributed by atoms with Crippen LogP contribution in [-0.4, -0.2) is 41.2 Å². The summed E-state index contributed by atoms with van der Waals surface area (Å²) >= 11 is 1.37. The predicted molar refractivity (Wildman–Crippen MR) is 134 cm³/mol. The van der Waals surface area contributed by atoms with Gasteiger partial charge >= 0.3 is 0 Å². The van der Waals surface area contributed by atoms with Crippen molar-refractivity contribution in [2.75, 3.05) is 11.1 Å². The Morgan fingerprint density at radius 2 is 1.94 bits per heavy atom. The van der Waals surface area contributed by atoms with Crippen LogP contribution in [0.4, 0.5) is 5.69 Å². The van der Waals surface area contributed by atoms with Crippen molar-refractivity contribution >= 4 is 23.4 Å². The number of amides is 1. The van der Waals surface area contributed by atoms with E-state index in [0.717, 1.165) is 53.9 Å². The van der Waals surface area contributed by atoms with E-state index in [-0.39, 0.29) is 17.6 Å². The second-order valence-electron chi connectivity index (χ2n) is 8.98. The predicted octanol–water partition coefficient (Wildman–Crippen LogP) is 4.76. The van der Waals surface area contributed by atoms with Crippen molar-refractivity contribution < 1.29 is 9.21 Å². The van der Waals surface area contributed by atoms with Gasteiger partial charge in [-0.05, 0) is 49.2 Å². The summed E-state index contributed by atoms with van der Waals surface area (Å²) in [5.41, 5.74) is 1.75. The molecule has 0 spiro atoms. The van der Waals surface area contributed by atoms with Gasteiger partial charge in [-0.15, -0.1) is 20.4 Å². The molecule has 4 aromatic rings. The highest BCUT2D eigenvalue weighted by Crippen LogP contribution is 2.25. The average molecular weight is 492 g/mol. The number of hydrogen-bond acceptors (Lipinski definition) is 7. The number of benzene rings is 1. The van der Waals surface area contributed by atoms with Crippen molar-refractivity contribution in [3.8, 4) is 11.4 Å². The van der Waals surface area contributed by atoms with Crippen LogP contribution in [0.1, 0.15) is 56.4 Å². The van der Waals surface area contributed by atoms with Crippen LogP contribution in [0.5, 0.6) is 0 Å². The molecule has 1 aliphatic rings.